The molecule has 0 aromatic heterocycles. The summed E-state index contributed by atoms with van der Waals surface area (Å²) in [4.78, 5) is 99.3. The maximum atomic E-state index is 12.9. The van der Waals surface area contributed by atoms with Crippen LogP contribution >= 0.6 is 0 Å². The normalized spacial score (nSPS) is 18.2. The molecule has 48 heavy (non-hydrogen) atoms. The highest BCUT2D eigenvalue weighted by molar-refractivity contribution is 5.95. The topological polar surface area (TPSA) is 313 Å². The molecular formula is C29H50N8O11. The van der Waals surface area contributed by atoms with Crippen LogP contribution in [0, 0.1) is 5.92 Å². The summed E-state index contributed by atoms with van der Waals surface area (Å²) >= 11 is 0. The van der Waals surface area contributed by atoms with Gasteiger partial charge in [0.2, 0.25) is 35.4 Å². The first kappa shape index (κ1) is 41.7. The number of aliphatic hydroxyl groups is 1. The Morgan fingerprint density at radius 1 is 0.833 bits per heavy atom. The molecule has 6 atom stereocenters. The van der Waals surface area contributed by atoms with E-state index in [1.807, 2.05) is 13.8 Å². The first-order chi connectivity index (χ1) is 22.5. The van der Waals surface area contributed by atoms with Crippen molar-refractivity contribution in [1.29, 1.82) is 0 Å². The van der Waals surface area contributed by atoms with E-state index in [9.17, 15) is 48.6 Å². The lowest BCUT2D eigenvalue weighted by Crippen LogP contribution is -2.55. The van der Waals surface area contributed by atoms with Crippen molar-refractivity contribution in [2.75, 3.05) is 26.2 Å². The lowest BCUT2D eigenvalue weighted by molar-refractivity contribution is -0.143. The Balaban J connectivity index is 2.71. The second-order valence-electron chi connectivity index (χ2n) is 12.1. The summed E-state index contributed by atoms with van der Waals surface area (Å²) in [5, 5.41) is 39.7. The molecule has 1 aliphatic rings. The predicted octanol–water partition coefficient (Wildman–Crippen LogP) is -3.89. The van der Waals surface area contributed by atoms with Crippen LogP contribution in [0.1, 0.15) is 65.7 Å². The molecular weight excluding hydrogens is 636 g/mol. The number of carboxylic acid groups (broad SMARTS) is 2. The molecule has 0 radical (unpaired) electrons. The zero-order valence-corrected chi connectivity index (χ0v) is 27.5. The Hall–Kier alpha value is -4.36. The third kappa shape index (κ3) is 15.0. The highest BCUT2D eigenvalue weighted by atomic mass is 16.4. The van der Waals surface area contributed by atoms with E-state index < -0.39 is 103 Å². The van der Waals surface area contributed by atoms with E-state index in [1.54, 1.807) is 0 Å². The number of nitrogens with zero attached hydrogens (tertiary/aromatic N) is 1. The van der Waals surface area contributed by atoms with Gasteiger partial charge in [-0.25, -0.2) is 4.79 Å². The van der Waals surface area contributed by atoms with Crippen LogP contribution < -0.4 is 38.1 Å². The van der Waals surface area contributed by atoms with Crippen molar-refractivity contribution < 1.29 is 53.7 Å². The van der Waals surface area contributed by atoms with Crippen LogP contribution in [0.15, 0.2) is 0 Å². The Morgan fingerprint density at radius 3 is 2.04 bits per heavy atom. The minimum atomic E-state index is -1.49. The molecule has 1 fully saturated rings. The summed E-state index contributed by atoms with van der Waals surface area (Å²) in [6.07, 6.45) is -0.413. The Labute approximate surface area is 278 Å². The lowest BCUT2D eigenvalue weighted by atomic mass is 10.0. The maximum absolute atomic E-state index is 12.9. The number of nitrogens with two attached hydrogens (primary N) is 2. The number of likely N-dealkylation sites (tertiary alicyclic amines) is 1. The Morgan fingerprint density at radius 2 is 1.46 bits per heavy atom. The quantitative estimate of drug-likeness (QED) is 0.0517. The Bertz CT molecular complexity index is 1170. The van der Waals surface area contributed by atoms with E-state index in [-0.39, 0.29) is 31.7 Å². The van der Waals surface area contributed by atoms with Gasteiger partial charge in [0.15, 0.2) is 0 Å². The maximum Gasteiger partial charge on any atom is 0.326 e. The molecule has 0 aliphatic carbocycles. The Kier molecular flexibility index (Phi) is 18.0. The van der Waals surface area contributed by atoms with Gasteiger partial charge >= 0.3 is 11.9 Å². The smallest absolute Gasteiger partial charge is 0.326 e. The molecule has 0 unspecified atom stereocenters. The van der Waals surface area contributed by atoms with E-state index in [4.69, 9.17) is 16.6 Å². The monoisotopic (exact) mass is 686 g/mol. The van der Waals surface area contributed by atoms with Crippen molar-refractivity contribution in [2.24, 2.45) is 17.4 Å². The molecule has 0 spiro atoms. The summed E-state index contributed by atoms with van der Waals surface area (Å²) in [6.45, 7) is 4.15. The number of hydrogen-bond acceptors (Lipinski definition) is 11. The van der Waals surface area contributed by atoms with Crippen molar-refractivity contribution in [3.05, 3.63) is 0 Å². The fraction of sp³-hybridized carbons (Fsp3) is 0.724. The number of unbranched alkanes of at least 4 members (excludes halogenated alkanes) is 1. The van der Waals surface area contributed by atoms with Crippen molar-refractivity contribution in [2.45, 2.75) is 102 Å². The number of hydrogen-bond donors (Lipinski definition) is 10. The van der Waals surface area contributed by atoms with Crippen molar-refractivity contribution in [3.8, 4) is 0 Å². The van der Waals surface area contributed by atoms with Gasteiger partial charge < -0.3 is 58.3 Å². The summed E-state index contributed by atoms with van der Waals surface area (Å²) in [7, 11) is 0. The molecule has 1 aliphatic heterocycles. The van der Waals surface area contributed by atoms with Crippen molar-refractivity contribution in [1.82, 2.24) is 31.5 Å². The zero-order valence-electron chi connectivity index (χ0n) is 27.5. The standard InChI is InChI=1S/C29H50N8O11/c1-15(2)10-18(31)28(46)37-14-17(38)11-21(37)27(45)33-12-22(39)34-16(3)25(43)36-19(6-4-5-9-30)26(44)32-13-23(40)35-20(29(47)48)7-8-24(41)42/h15-21,38H,4-14,30-31H2,1-3H3,(H,32,44)(H,33,45)(H,34,39)(H,35,40)(H,36,43)(H,41,42)(H,47,48)/t16-,17+,18-,19-,20-,21-/m0/s1. The third-order valence-corrected chi connectivity index (χ3v) is 7.38. The fourth-order valence-corrected chi connectivity index (χ4v) is 4.89. The van der Waals surface area contributed by atoms with Crippen LogP contribution in [0.2, 0.25) is 0 Å². The van der Waals surface area contributed by atoms with Crippen molar-refractivity contribution in [3.63, 3.8) is 0 Å². The number of rotatable bonds is 21. The summed E-state index contributed by atoms with van der Waals surface area (Å²) in [6, 6.07) is -5.70. The number of carboxylic acids is 2. The van der Waals surface area contributed by atoms with E-state index in [0.29, 0.717) is 25.8 Å². The molecule has 1 rings (SSSR count). The number of aliphatic carboxylic acids is 2. The number of amides is 6. The van der Waals surface area contributed by atoms with Crippen LogP contribution in [-0.4, -0.2) is 130 Å². The molecule has 19 nitrogen and oxygen atoms in total. The van der Waals surface area contributed by atoms with Crippen LogP contribution in [-0.2, 0) is 38.4 Å². The van der Waals surface area contributed by atoms with Crippen LogP contribution in [0.4, 0.5) is 0 Å². The SMILES string of the molecule is CC(C)C[C@H](N)C(=O)N1C[C@H](O)C[C@H]1C(=O)NCC(=O)N[C@@H](C)C(=O)N[C@@H](CCCCN)C(=O)NCC(=O)N[C@@H](CCC(=O)O)C(=O)O. The molecule has 0 bridgehead atoms. The predicted molar refractivity (Wildman–Crippen MR) is 168 cm³/mol. The molecule has 0 aromatic rings. The van der Waals surface area contributed by atoms with Gasteiger partial charge in [-0.2, -0.15) is 0 Å². The first-order valence-electron chi connectivity index (χ1n) is 15.8. The van der Waals surface area contributed by atoms with E-state index in [0.717, 1.165) is 0 Å². The van der Waals surface area contributed by atoms with Crippen molar-refractivity contribution >= 4 is 47.4 Å². The minimum Gasteiger partial charge on any atom is -0.481 e. The number of aliphatic hydroxyl groups excluding tert-OH is 1. The van der Waals surface area contributed by atoms with Gasteiger partial charge in [-0.15, -0.1) is 0 Å². The summed E-state index contributed by atoms with van der Waals surface area (Å²) < 4.78 is 0. The second kappa shape index (κ2) is 20.8. The second-order valence-corrected chi connectivity index (χ2v) is 12.1. The molecule has 12 N–H and O–H groups in total. The number of carbonyl (C=O) groups excluding carboxylic acids is 6. The van der Waals surface area contributed by atoms with Crippen LogP contribution in [0.3, 0.4) is 0 Å². The van der Waals surface area contributed by atoms with E-state index >= 15 is 0 Å². The molecule has 19 heteroatoms. The largest absolute Gasteiger partial charge is 0.481 e. The summed E-state index contributed by atoms with van der Waals surface area (Å²) in [5.74, 6) is -6.92. The van der Waals surface area contributed by atoms with Gasteiger partial charge in [0.25, 0.3) is 0 Å². The van der Waals surface area contributed by atoms with Gasteiger partial charge in [-0.05, 0) is 51.5 Å². The average Bonchev–Trinajstić information content (AvgIpc) is 3.40. The zero-order chi connectivity index (χ0) is 36.6. The molecule has 0 saturated carbocycles. The van der Waals surface area contributed by atoms with E-state index in [2.05, 4.69) is 26.6 Å². The van der Waals surface area contributed by atoms with Crippen LogP contribution in [0.25, 0.3) is 0 Å². The fourth-order valence-electron chi connectivity index (χ4n) is 4.89. The van der Waals surface area contributed by atoms with E-state index in [1.165, 1.54) is 11.8 Å². The highest BCUT2D eigenvalue weighted by Crippen LogP contribution is 2.20. The summed E-state index contributed by atoms with van der Waals surface area (Å²) in [5.41, 5.74) is 11.5. The number of β-amino-alcohol motifs (C(OH)–C–C–N with tert-alkyl or cyclic N) is 1. The highest BCUT2D eigenvalue weighted by Gasteiger charge is 2.40. The average molecular weight is 687 g/mol. The van der Waals surface area contributed by atoms with Gasteiger partial charge in [0.1, 0.15) is 24.2 Å². The minimum absolute atomic E-state index is 0.0352. The first-order valence-corrected chi connectivity index (χ1v) is 15.8. The molecule has 1 heterocycles. The molecule has 272 valence electrons. The molecule has 6 amide bonds. The van der Waals surface area contributed by atoms with Gasteiger partial charge in [0.05, 0.1) is 25.2 Å². The number of carbonyl (C=O) groups is 8. The lowest BCUT2D eigenvalue weighted by Gasteiger charge is -2.27. The van der Waals surface area contributed by atoms with Gasteiger partial charge in [-0.3, -0.25) is 33.6 Å². The molecule has 0 aromatic carbocycles. The third-order valence-electron chi connectivity index (χ3n) is 7.38. The van der Waals surface area contributed by atoms with Crippen LogP contribution in [0.5, 0.6) is 0 Å². The van der Waals surface area contributed by atoms with Gasteiger partial charge in [0, 0.05) is 19.4 Å². The van der Waals surface area contributed by atoms with Gasteiger partial charge in [-0.1, -0.05) is 13.8 Å². The number of nitrogens with one attached hydrogen (secondary N) is 5. The molecule has 1 saturated heterocycles.